The number of amides is 1. The molecule has 2 fully saturated rings. The van der Waals surface area contributed by atoms with Crippen LogP contribution in [0.5, 0.6) is 0 Å². The van der Waals surface area contributed by atoms with Gasteiger partial charge in [0.15, 0.2) is 0 Å². The molecule has 1 saturated heterocycles. The third-order valence-corrected chi connectivity index (χ3v) is 5.24. The van der Waals surface area contributed by atoms with Gasteiger partial charge in [0.25, 0.3) is 5.56 Å². The minimum atomic E-state index is -3.42. The van der Waals surface area contributed by atoms with Crippen molar-refractivity contribution in [3.8, 4) is 0 Å². The van der Waals surface area contributed by atoms with E-state index in [-0.39, 0.29) is 36.9 Å². The fraction of sp³-hybridized carbons (Fsp3) is 0.643. The summed E-state index contributed by atoms with van der Waals surface area (Å²) in [7, 11) is -3.42. The highest BCUT2D eigenvalue weighted by Gasteiger charge is 2.55. The average Bonchev–Trinajstić information content (AvgIpc) is 2.93. The Hall–Kier alpha value is -1.98. The summed E-state index contributed by atoms with van der Waals surface area (Å²) in [6.45, 7) is 0.652. The van der Waals surface area contributed by atoms with Gasteiger partial charge in [0.1, 0.15) is 0 Å². The Morgan fingerprint density at radius 2 is 2.16 bits per heavy atom. The van der Waals surface area contributed by atoms with Crippen molar-refractivity contribution in [2.75, 3.05) is 12.9 Å². The number of fused-ring (bicyclic) bond motifs is 1. The molecular weight excluding hydrogens is 352 g/mol. The molecule has 2 aliphatic rings. The summed E-state index contributed by atoms with van der Waals surface area (Å²) in [5, 5.41) is 2.83. The maximum absolute atomic E-state index is 12.2. The van der Waals surface area contributed by atoms with E-state index in [0.29, 0.717) is 6.61 Å². The fourth-order valence-corrected chi connectivity index (χ4v) is 4.17. The summed E-state index contributed by atoms with van der Waals surface area (Å²) < 4.78 is 32.2. The lowest BCUT2D eigenvalue weighted by atomic mass is 9.72. The topological polar surface area (TPSA) is 139 Å². The second kappa shape index (κ2) is 6.73. The first kappa shape index (κ1) is 17.8. The Morgan fingerprint density at radius 3 is 2.84 bits per heavy atom. The SMILES string of the molecule is CS(=O)(=O)N[C@@H]1[C@@H](NC(=O)CCn2ccc(=O)[nH]c2=O)[C@H]2CCO[C@H]21. The molecule has 0 radical (unpaired) electrons. The first-order valence-corrected chi connectivity index (χ1v) is 9.82. The van der Waals surface area contributed by atoms with E-state index < -0.39 is 27.3 Å². The first-order chi connectivity index (χ1) is 11.7. The standard InChI is InChI=1S/C14H20N4O6S/c1-25(22,23)17-12-11(8-4-7-24-13(8)12)15-9(19)2-5-18-6-3-10(20)16-14(18)21/h3,6,8,11-13,17H,2,4-5,7H2,1H3,(H,15,19)(H,16,20,21)/t8-,11+,12-,13-/m1/s1. The number of aromatic nitrogens is 2. The smallest absolute Gasteiger partial charge is 0.328 e. The predicted molar refractivity (Wildman–Crippen MR) is 87.5 cm³/mol. The molecule has 2 heterocycles. The molecule has 0 bridgehead atoms. The van der Waals surface area contributed by atoms with Crippen LogP contribution in [0.15, 0.2) is 21.9 Å². The maximum atomic E-state index is 12.2. The number of carbonyl (C=O) groups excluding carboxylic acids is 1. The number of hydrogen-bond donors (Lipinski definition) is 3. The van der Waals surface area contributed by atoms with Crippen molar-refractivity contribution in [1.82, 2.24) is 19.6 Å². The van der Waals surface area contributed by atoms with Gasteiger partial charge in [-0.05, 0) is 6.42 Å². The first-order valence-electron chi connectivity index (χ1n) is 7.92. The summed E-state index contributed by atoms with van der Waals surface area (Å²) in [4.78, 5) is 36.9. The van der Waals surface area contributed by atoms with Crippen LogP contribution in [0.3, 0.4) is 0 Å². The molecule has 1 amide bonds. The molecule has 138 valence electrons. The largest absolute Gasteiger partial charge is 0.376 e. The van der Waals surface area contributed by atoms with Gasteiger partial charge in [0.2, 0.25) is 15.9 Å². The van der Waals surface area contributed by atoms with E-state index in [1.807, 2.05) is 0 Å². The molecule has 1 aromatic rings. The zero-order valence-corrected chi connectivity index (χ0v) is 14.4. The molecular formula is C14H20N4O6S. The van der Waals surface area contributed by atoms with Gasteiger partial charge in [-0.2, -0.15) is 0 Å². The highest BCUT2D eigenvalue weighted by molar-refractivity contribution is 7.88. The molecule has 1 saturated carbocycles. The van der Waals surface area contributed by atoms with Crippen LogP contribution in [-0.4, -0.2) is 54.9 Å². The lowest BCUT2D eigenvalue weighted by molar-refractivity contribution is -0.125. The Kier molecular flexibility index (Phi) is 4.80. The number of carbonyl (C=O) groups is 1. The van der Waals surface area contributed by atoms with Crippen LogP contribution in [0.25, 0.3) is 0 Å². The highest BCUT2D eigenvalue weighted by atomic mass is 32.2. The van der Waals surface area contributed by atoms with Crippen LogP contribution in [0.2, 0.25) is 0 Å². The fourth-order valence-electron chi connectivity index (χ4n) is 3.39. The van der Waals surface area contributed by atoms with Gasteiger partial charge in [-0.15, -0.1) is 0 Å². The number of sulfonamides is 1. The Morgan fingerprint density at radius 1 is 1.40 bits per heavy atom. The lowest BCUT2D eigenvalue weighted by Crippen LogP contribution is -2.70. The number of aryl methyl sites for hydroxylation is 1. The summed E-state index contributed by atoms with van der Waals surface area (Å²) in [6.07, 6.45) is 2.97. The van der Waals surface area contributed by atoms with E-state index in [0.717, 1.165) is 12.7 Å². The average molecular weight is 372 g/mol. The second-order valence-electron chi connectivity index (χ2n) is 6.35. The van der Waals surface area contributed by atoms with Crippen LogP contribution in [0, 0.1) is 5.92 Å². The van der Waals surface area contributed by atoms with Gasteiger partial charge in [0, 0.05) is 37.8 Å². The van der Waals surface area contributed by atoms with E-state index >= 15 is 0 Å². The third-order valence-electron chi connectivity index (χ3n) is 4.54. The Bertz CT molecular complexity index is 876. The molecule has 3 rings (SSSR count). The van der Waals surface area contributed by atoms with Gasteiger partial charge < -0.3 is 14.6 Å². The van der Waals surface area contributed by atoms with Crippen LogP contribution < -0.4 is 21.3 Å². The predicted octanol–water partition coefficient (Wildman–Crippen LogP) is -2.25. The molecule has 0 spiro atoms. The Balaban J connectivity index is 1.59. The zero-order chi connectivity index (χ0) is 18.2. The number of H-pyrrole nitrogens is 1. The molecule has 11 heteroatoms. The summed E-state index contributed by atoms with van der Waals surface area (Å²) >= 11 is 0. The molecule has 0 unspecified atom stereocenters. The van der Waals surface area contributed by atoms with Crippen molar-refractivity contribution in [2.24, 2.45) is 5.92 Å². The number of nitrogens with zero attached hydrogens (tertiary/aromatic N) is 1. The van der Waals surface area contributed by atoms with E-state index in [1.165, 1.54) is 16.8 Å². The quantitative estimate of drug-likeness (QED) is 0.515. The molecule has 1 aromatic heterocycles. The molecule has 4 atom stereocenters. The zero-order valence-electron chi connectivity index (χ0n) is 13.6. The summed E-state index contributed by atoms with van der Waals surface area (Å²) in [6, 6.07) is 0.391. The monoisotopic (exact) mass is 372 g/mol. The van der Waals surface area contributed by atoms with Crippen molar-refractivity contribution < 1.29 is 17.9 Å². The second-order valence-corrected chi connectivity index (χ2v) is 8.13. The third kappa shape index (κ3) is 3.99. The number of aromatic amines is 1. The van der Waals surface area contributed by atoms with Gasteiger partial charge in [-0.25, -0.2) is 17.9 Å². The summed E-state index contributed by atoms with van der Waals surface area (Å²) in [5.41, 5.74) is -1.08. The van der Waals surface area contributed by atoms with Gasteiger partial charge >= 0.3 is 5.69 Å². The van der Waals surface area contributed by atoms with Crippen molar-refractivity contribution in [3.05, 3.63) is 33.1 Å². The van der Waals surface area contributed by atoms with E-state index in [4.69, 9.17) is 4.74 Å². The molecule has 3 N–H and O–H groups in total. The number of hydrogen-bond acceptors (Lipinski definition) is 6. The van der Waals surface area contributed by atoms with Crippen LogP contribution >= 0.6 is 0 Å². The van der Waals surface area contributed by atoms with Crippen molar-refractivity contribution in [3.63, 3.8) is 0 Å². The Labute approximate surface area is 143 Å². The van der Waals surface area contributed by atoms with Crippen LogP contribution in [-0.2, 0) is 26.1 Å². The normalized spacial score (nSPS) is 28.2. The molecule has 10 nitrogen and oxygen atoms in total. The molecule has 1 aliphatic heterocycles. The minimum absolute atomic E-state index is 0.0340. The number of nitrogens with one attached hydrogen (secondary N) is 3. The maximum Gasteiger partial charge on any atom is 0.328 e. The van der Waals surface area contributed by atoms with Gasteiger partial charge in [-0.3, -0.25) is 14.6 Å². The molecule has 0 aromatic carbocycles. The van der Waals surface area contributed by atoms with Crippen molar-refractivity contribution in [2.45, 2.75) is 37.6 Å². The van der Waals surface area contributed by atoms with Gasteiger partial charge in [0.05, 0.1) is 24.4 Å². The minimum Gasteiger partial charge on any atom is -0.376 e. The van der Waals surface area contributed by atoms with Crippen molar-refractivity contribution in [1.29, 1.82) is 0 Å². The lowest BCUT2D eigenvalue weighted by Gasteiger charge is -2.47. The molecule has 25 heavy (non-hydrogen) atoms. The summed E-state index contributed by atoms with van der Waals surface area (Å²) in [5.74, 6) is -0.215. The van der Waals surface area contributed by atoms with Crippen LogP contribution in [0.1, 0.15) is 12.8 Å². The van der Waals surface area contributed by atoms with Gasteiger partial charge in [-0.1, -0.05) is 0 Å². The highest BCUT2D eigenvalue weighted by Crippen LogP contribution is 2.39. The van der Waals surface area contributed by atoms with Crippen molar-refractivity contribution >= 4 is 15.9 Å². The molecule has 1 aliphatic carbocycles. The van der Waals surface area contributed by atoms with E-state index in [1.54, 1.807) is 0 Å². The van der Waals surface area contributed by atoms with Crippen LogP contribution in [0.4, 0.5) is 0 Å². The van der Waals surface area contributed by atoms with E-state index in [2.05, 4.69) is 15.0 Å². The van der Waals surface area contributed by atoms with E-state index in [9.17, 15) is 22.8 Å². The number of ether oxygens (including phenoxy) is 1. The number of rotatable bonds is 6.